The molecule has 7 heteroatoms. The first-order valence-electron chi connectivity index (χ1n) is 10.6. The van der Waals surface area contributed by atoms with E-state index < -0.39 is 11.7 Å². The van der Waals surface area contributed by atoms with E-state index in [1.54, 1.807) is 34.0 Å². The molecule has 0 aliphatic heterocycles. The van der Waals surface area contributed by atoms with Crippen molar-refractivity contribution in [3.63, 3.8) is 0 Å². The van der Waals surface area contributed by atoms with Gasteiger partial charge in [-0.1, -0.05) is 48.5 Å². The molecule has 0 aliphatic rings. The second-order valence-electron chi connectivity index (χ2n) is 8.67. The first-order valence-corrected chi connectivity index (χ1v) is 10.6. The number of nitrogens with one attached hydrogen (secondary N) is 1. The summed E-state index contributed by atoms with van der Waals surface area (Å²) in [6.07, 6.45) is 3.18. The highest BCUT2D eigenvalue weighted by atomic mass is 16.6. The third kappa shape index (κ3) is 6.70. The molecular weight excluding hydrogens is 404 g/mol. The molecule has 0 bridgehead atoms. The Labute approximate surface area is 189 Å². The van der Waals surface area contributed by atoms with Gasteiger partial charge in [0.25, 0.3) is 0 Å². The van der Waals surface area contributed by atoms with Crippen molar-refractivity contribution in [3.8, 4) is 11.1 Å². The van der Waals surface area contributed by atoms with Crippen LogP contribution in [0.5, 0.6) is 0 Å². The molecule has 7 nitrogen and oxygen atoms in total. The smallest absolute Gasteiger partial charge is 0.410 e. The molecule has 0 saturated carbocycles. The van der Waals surface area contributed by atoms with Crippen LogP contribution in [0, 0.1) is 0 Å². The van der Waals surface area contributed by atoms with E-state index >= 15 is 0 Å². The Balaban J connectivity index is 1.60. The van der Waals surface area contributed by atoms with E-state index in [4.69, 9.17) is 4.74 Å². The van der Waals surface area contributed by atoms with E-state index in [9.17, 15) is 9.59 Å². The van der Waals surface area contributed by atoms with E-state index in [-0.39, 0.29) is 12.5 Å². The predicted molar refractivity (Wildman–Crippen MR) is 124 cm³/mol. The zero-order valence-electron chi connectivity index (χ0n) is 19.0. The van der Waals surface area contributed by atoms with Crippen molar-refractivity contribution in [3.05, 3.63) is 78.1 Å². The number of nitrogens with zero attached hydrogens (tertiary/aromatic N) is 3. The summed E-state index contributed by atoms with van der Waals surface area (Å²) in [4.78, 5) is 25.7. The highest BCUT2D eigenvalue weighted by Gasteiger charge is 2.21. The van der Waals surface area contributed by atoms with Crippen molar-refractivity contribution in [2.75, 3.05) is 13.6 Å². The molecule has 0 fully saturated rings. The fraction of sp³-hybridized carbons (Fsp3) is 0.320. The Bertz CT molecular complexity index is 1040. The quantitative estimate of drug-likeness (QED) is 0.608. The van der Waals surface area contributed by atoms with Gasteiger partial charge in [-0.2, -0.15) is 5.10 Å². The number of rotatable bonds is 7. The number of benzene rings is 2. The molecule has 168 valence electrons. The van der Waals surface area contributed by atoms with Gasteiger partial charge in [0, 0.05) is 26.0 Å². The fourth-order valence-electron chi connectivity index (χ4n) is 3.20. The minimum atomic E-state index is -0.602. The van der Waals surface area contributed by atoms with Crippen molar-refractivity contribution in [2.45, 2.75) is 39.5 Å². The Morgan fingerprint density at radius 2 is 1.78 bits per heavy atom. The molecule has 1 aromatic heterocycles. The Morgan fingerprint density at radius 1 is 1.06 bits per heavy atom. The number of aromatic nitrogens is 2. The summed E-state index contributed by atoms with van der Waals surface area (Å²) in [6.45, 7) is 6.39. The van der Waals surface area contributed by atoms with Gasteiger partial charge in [-0.25, -0.2) is 4.79 Å². The van der Waals surface area contributed by atoms with Crippen LogP contribution in [0.2, 0.25) is 0 Å². The van der Waals surface area contributed by atoms with Gasteiger partial charge in [0.2, 0.25) is 5.91 Å². The first-order chi connectivity index (χ1) is 15.2. The molecule has 2 amide bonds. The fourth-order valence-corrected chi connectivity index (χ4v) is 3.20. The van der Waals surface area contributed by atoms with Gasteiger partial charge in [-0.3, -0.25) is 9.48 Å². The van der Waals surface area contributed by atoms with E-state index in [0.29, 0.717) is 6.54 Å². The lowest BCUT2D eigenvalue weighted by atomic mass is 9.98. The van der Waals surface area contributed by atoms with E-state index in [1.165, 1.54) is 4.90 Å². The maximum Gasteiger partial charge on any atom is 0.410 e. The first kappa shape index (κ1) is 23.1. The summed E-state index contributed by atoms with van der Waals surface area (Å²) < 4.78 is 7.17. The molecular formula is C25H30N4O3. The van der Waals surface area contributed by atoms with Gasteiger partial charge in [0.05, 0.1) is 6.54 Å². The predicted octanol–water partition coefficient (Wildman–Crippen LogP) is 4.08. The van der Waals surface area contributed by atoms with Crippen LogP contribution in [0.25, 0.3) is 11.1 Å². The molecule has 0 radical (unpaired) electrons. The molecule has 3 aromatic rings. The summed E-state index contributed by atoms with van der Waals surface area (Å²) in [5.41, 5.74) is 3.69. The van der Waals surface area contributed by atoms with Gasteiger partial charge in [-0.15, -0.1) is 0 Å². The summed E-state index contributed by atoms with van der Waals surface area (Å²) in [5.74, 6) is -0.247. The lowest BCUT2D eigenvalue weighted by molar-refractivity contribution is -0.122. The number of ether oxygens (including phenoxy) is 1. The Morgan fingerprint density at radius 3 is 2.44 bits per heavy atom. The standard InChI is InChI=1S/C25H30N4O3/c1-25(2,3)32-24(31)28(4)18-23(30)26-16-21-8-5-6-9-22(21)20-12-10-19(11-13-20)17-29-15-7-14-27-29/h5-15H,16-18H2,1-4H3,(H,26,30). The lowest BCUT2D eigenvalue weighted by Gasteiger charge is -2.24. The van der Waals surface area contributed by atoms with Crippen LogP contribution >= 0.6 is 0 Å². The van der Waals surface area contributed by atoms with Crippen molar-refractivity contribution >= 4 is 12.0 Å². The third-order valence-corrected chi connectivity index (χ3v) is 4.75. The average Bonchev–Trinajstić information content (AvgIpc) is 3.25. The topological polar surface area (TPSA) is 76.5 Å². The number of likely N-dealkylation sites (N-methyl/N-ethyl adjacent to an activating group) is 1. The van der Waals surface area contributed by atoms with Crippen LogP contribution in [0.1, 0.15) is 31.9 Å². The van der Waals surface area contributed by atoms with E-state index in [2.05, 4.69) is 34.7 Å². The Hall–Kier alpha value is -3.61. The molecule has 1 heterocycles. The molecule has 0 saturated heterocycles. The lowest BCUT2D eigenvalue weighted by Crippen LogP contribution is -2.40. The largest absolute Gasteiger partial charge is 0.444 e. The summed E-state index contributed by atoms with van der Waals surface area (Å²) >= 11 is 0. The molecule has 0 aliphatic carbocycles. The minimum absolute atomic E-state index is 0.0702. The molecule has 0 atom stereocenters. The van der Waals surface area contributed by atoms with Crippen LogP contribution in [0.15, 0.2) is 67.0 Å². The third-order valence-electron chi connectivity index (χ3n) is 4.75. The highest BCUT2D eigenvalue weighted by Crippen LogP contribution is 2.24. The number of carbonyl (C=O) groups excluding carboxylic acids is 2. The summed E-state index contributed by atoms with van der Waals surface area (Å²) in [7, 11) is 1.55. The van der Waals surface area contributed by atoms with Gasteiger partial charge in [0.15, 0.2) is 0 Å². The number of hydrogen-bond donors (Lipinski definition) is 1. The zero-order valence-corrected chi connectivity index (χ0v) is 19.0. The second-order valence-corrected chi connectivity index (χ2v) is 8.67. The number of amides is 2. The summed E-state index contributed by atoms with van der Waals surface area (Å²) in [5, 5.41) is 7.14. The maximum atomic E-state index is 12.4. The van der Waals surface area contributed by atoms with Crippen molar-refractivity contribution in [1.29, 1.82) is 0 Å². The number of hydrogen-bond acceptors (Lipinski definition) is 4. The second kappa shape index (κ2) is 10.1. The molecule has 3 rings (SSSR count). The molecule has 1 N–H and O–H groups in total. The monoisotopic (exact) mass is 434 g/mol. The Kier molecular flexibility index (Phi) is 7.30. The minimum Gasteiger partial charge on any atom is -0.444 e. The van der Waals surface area contributed by atoms with Gasteiger partial charge >= 0.3 is 6.09 Å². The van der Waals surface area contributed by atoms with Crippen LogP contribution in [-0.4, -0.2) is 45.9 Å². The van der Waals surface area contributed by atoms with Gasteiger partial charge in [-0.05, 0) is 49.1 Å². The van der Waals surface area contributed by atoms with Crippen molar-refractivity contribution < 1.29 is 14.3 Å². The summed E-state index contributed by atoms with van der Waals surface area (Å²) in [6, 6.07) is 18.2. The van der Waals surface area contributed by atoms with Crippen LogP contribution in [0.3, 0.4) is 0 Å². The van der Waals surface area contributed by atoms with Crippen LogP contribution in [-0.2, 0) is 22.6 Å². The maximum absolute atomic E-state index is 12.4. The zero-order chi connectivity index (χ0) is 23.1. The van der Waals surface area contributed by atoms with Gasteiger partial charge < -0.3 is 15.0 Å². The van der Waals surface area contributed by atoms with Crippen LogP contribution < -0.4 is 5.32 Å². The average molecular weight is 435 g/mol. The molecule has 2 aromatic carbocycles. The van der Waals surface area contributed by atoms with Crippen molar-refractivity contribution in [2.24, 2.45) is 0 Å². The molecule has 32 heavy (non-hydrogen) atoms. The van der Waals surface area contributed by atoms with Crippen molar-refractivity contribution in [1.82, 2.24) is 20.0 Å². The van der Waals surface area contributed by atoms with Crippen LogP contribution in [0.4, 0.5) is 4.79 Å². The molecule has 0 spiro atoms. The molecule has 0 unspecified atom stereocenters. The number of carbonyl (C=O) groups is 2. The van der Waals surface area contributed by atoms with Gasteiger partial charge in [0.1, 0.15) is 12.1 Å². The van der Waals surface area contributed by atoms with E-state index in [1.807, 2.05) is 41.2 Å². The highest BCUT2D eigenvalue weighted by molar-refractivity contribution is 5.82. The SMILES string of the molecule is CN(CC(=O)NCc1ccccc1-c1ccc(Cn2cccn2)cc1)C(=O)OC(C)(C)C. The van der Waals surface area contributed by atoms with E-state index in [0.717, 1.165) is 28.8 Å². The normalized spacial score (nSPS) is 11.1.